The molecule has 1 aromatic carbocycles. The number of carbonyl (C=O) groups is 1. The van der Waals surface area contributed by atoms with Gasteiger partial charge < -0.3 is 4.90 Å². The highest BCUT2D eigenvalue weighted by molar-refractivity contribution is 5.83. The highest BCUT2D eigenvalue weighted by Crippen LogP contribution is 2.28. The molecule has 1 unspecified atom stereocenters. The number of aldehydes is 1. The van der Waals surface area contributed by atoms with E-state index in [2.05, 4.69) is 9.80 Å². The number of hydrogen-bond acceptors (Lipinski definition) is 5. The van der Waals surface area contributed by atoms with Crippen LogP contribution in [0.25, 0.3) is 0 Å². The molecule has 2 aliphatic heterocycles. The molecule has 2 aliphatic rings. The second-order valence-electron chi connectivity index (χ2n) is 5.75. The minimum absolute atomic E-state index is 0.119. The molecule has 0 aliphatic carbocycles. The fourth-order valence-electron chi connectivity index (χ4n) is 3.44. The van der Waals surface area contributed by atoms with Crippen LogP contribution in [0.1, 0.15) is 29.6 Å². The van der Waals surface area contributed by atoms with Crippen molar-refractivity contribution in [3.05, 3.63) is 33.9 Å². The first kappa shape index (κ1) is 14.0. The lowest BCUT2D eigenvalue weighted by atomic mass is 10.1. The van der Waals surface area contributed by atoms with Crippen molar-refractivity contribution in [2.24, 2.45) is 0 Å². The summed E-state index contributed by atoms with van der Waals surface area (Å²) in [5, 5.41) is 10.9. The molecule has 2 heterocycles. The van der Waals surface area contributed by atoms with Crippen LogP contribution < -0.4 is 4.90 Å². The summed E-state index contributed by atoms with van der Waals surface area (Å²) < 4.78 is 0. The molecule has 3 rings (SSSR count). The Morgan fingerprint density at radius 3 is 2.81 bits per heavy atom. The second kappa shape index (κ2) is 5.81. The molecular formula is C15H19N3O3. The van der Waals surface area contributed by atoms with Gasteiger partial charge in [0, 0.05) is 37.4 Å². The molecule has 1 aromatic rings. The average Bonchev–Trinajstić information content (AvgIpc) is 2.83. The number of rotatable bonds is 3. The summed E-state index contributed by atoms with van der Waals surface area (Å²) in [6, 6.07) is 5.42. The van der Waals surface area contributed by atoms with Crippen LogP contribution in [0, 0.1) is 10.1 Å². The number of nitro groups is 1. The molecule has 0 saturated carbocycles. The molecule has 0 N–H and O–H groups in total. The zero-order valence-electron chi connectivity index (χ0n) is 11.9. The van der Waals surface area contributed by atoms with E-state index in [0.29, 0.717) is 12.3 Å². The SMILES string of the molecule is O=Cc1cc(N2CCCN3CCCC3C2)ccc1[N+](=O)[O-]. The van der Waals surface area contributed by atoms with E-state index in [1.807, 2.05) is 0 Å². The van der Waals surface area contributed by atoms with Crippen LogP contribution in [-0.4, -0.2) is 48.3 Å². The summed E-state index contributed by atoms with van der Waals surface area (Å²) in [7, 11) is 0. The third kappa shape index (κ3) is 2.76. The summed E-state index contributed by atoms with van der Waals surface area (Å²) in [5.41, 5.74) is 0.951. The highest BCUT2D eigenvalue weighted by Gasteiger charge is 2.29. The van der Waals surface area contributed by atoms with Crippen molar-refractivity contribution in [1.29, 1.82) is 0 Å². The third-order valence-corrected chi connectivity index (χ3v) is 4.50. The molecule has 2 fully saturated rings. The normalized spacial score (nSPS) is 22.7. The topological polar surface area (TPSA) is 66.7 Å². The molecule has 1 atom stereocenters. The largest absolute Gasteiger partial charge is 0.370 e. The van der Waals surface area contributed by atoms with Gasteiger partial charge >= 0.3 is 0 Å². The van der Waals surface area contributed by atoms with Gasteiger partial charge in [0.05, 0.1) is 10.5 Å². The Morgan fingerprint density at radius 2 is 2.05 bits per heavy atom. The second-order valence-corrected chi connectivity index (χ2v) is 5.75. The van der Waals surface area contributed by atoms with Crippen molar-refractivity contribution in [2.75, 3.05) is 31.1 Å². The number of fused-ring (bicyclic) bond motifs is 1. The minimum atomic E-state index is -0.505. The number of anilines is 1. The van der Waals surface area contributed by atoms with Gasteiger partial charge in [-0.15, -0.1) is 0 Å². The molecule has 2 saturated heterocycles. The van der Waals surface area contributed by atoms with E-state index in [1.165, 1.54) is 25.5 Å². The zero-order valence-corrected chi connectivity index (χ0v) is 11.9. The van der Waals surface area contributed by atoms with Gasteiger partial charge in [0.2, 0.25) is 0 Å². The Bertz CT molecular complexity index is 561. The van der Waals surface area contributed by atoms with Crippen molar-refractivity contribution < 1.29 is 9.72 Å². The van der Waals surface area contributed by atoms with Crippen LogP contribution >= 0.6 is 0 Å². The van der Waals surface area contributed by atoms with Gasteiger partial charge in [0.25, 0.3) is 5.69 Å². The quantitative estimate of drug-likeness (QED) is 0.484. The van der Waals surface area contributed by atoms with Crippen LogP contribution in [0.4, 0.5) is 11.4 Å². The van der Waals surface area contributed by atoms with Crippen molar-refractivity contribution in [1.82, 2.24) is 4.90 Å². The fourth-order valence-corrected chi connectivity index (χ4v) is 3.44. The van der Waals surface area contributed by atoms with E-state index in [-0.39, 0.29) is 11.3 Å². The number of hydrogen-bond donors (Lipinski definition) is 0. The minimum Gasteiger partial charge on any atom is -0.370 e. The maximum Gasteiger partial charge on any atom is 0.280 e. The average molecular weight is 289 g/mol. The van der Waals surface area contributed by atoms with E-state index in [4.69, 9.17) is 0 Å². The van der Waals surface area contributed by atoms with Gasteiger partial charge in [-0.05, 0) is 37.9 Å². The van der Waals surface area contributed by atoms with E-state index in [1.54, 1.807) is 12.1 Å². The first-order valence-electron chi connectivity index (χ1n) is 7.41. The Morgan fingerprint density at radius 1 is 1.24 bits per heavy atom. The van der Waals surface area contributed by atoms with E-state index in [0.717, 1.165) is 31.7 Å². The molecule has 6 heteroatoms. The lowest BCUT2D eigenvalue weighted by molar-refractivity contribution is -0.385. The molecule has 112 valence electrons. The highest BCUT2D eigenvalue weighted by atomic mass is 16.6. The smallest absolute Gasteiger partial charge is 0.280 e. The van der Waals surface area contributed by atoms with Gasteiger partial charge in [-0.25, -0.2) is 0 Å². The van der Waals surface area contributed by atoms with Crippen LogP contribution in [0.2, 0.25) is 0 Å². The van der Waals surface area contributed by atoms with Crippen molar-refractivity contribution in [3.63, 3.8) is 0 Å². The third-order valence-electron chi connectivity index (χ3n) is 4.50. The van der Waals surface area contributed by atoms with Crippen molar-refractivity contribution in [3.8, 4) is 0 Å². The fraction of sp³-hybridized carbons (Fsp3) is 0.533. The first-order valence-corrected chi connectivity index (χ1v) is 7.41. The van der Waals surface area contributed by atoms with Crippen LogP contribution in [0.5, 0.6) is 0 Å². The summed E-state index contributed by atoms with van der Waals surface area (Å²) in [6.07, 6.45) is 4.12. The molecule has 6 nitrogen and oxygen atoms in total. The van der Waals surface area contributed by atoms with Crippen LogP contribution in [0.15, 0.2) is 18.2 Å². The molecule has 0 aromatic heterocycles. The molecule has 0 radical (unpaired) electrons. The maximum atomic E-state index is 11.1. The van der Waals surface area contributed by atoms with Crippen molar-refractivity contribution in [2.45, 2.75) is 25.3 Å². The molecular weight excluding hydrogens is 270 g/mol. The number of nitrogens with zero attached hydrogens (tertiary/aromatic N) is 3. The molecule has 0 amide bonds. The standard InChI is InChI=1S/C15H19N3O3/c19-11-12-9-13(4-5-15(12)18(20)21)17-8-2-7-16-6-1-3-14(16)10-17/h4-5,9,11,14H,1-3,6-8,10H2. The van der Waals surface area contributed by atoms with Gasteiger partial charge in [-0.2, -0.15) is 0 Å². The molecule has 0 bridgehead atoms. The first-order chi connectivity index (χ1) is 10.2. The van der Waals surface area contributed by atoms with Crippen LogP contribution in [-0.2, 0) is 0 Å². The Kier molecular flexibility index (Phi) is 3.88. The number of nitro benzene ring substituents is 1. The van der Waals surface area contributed by atoms with E-state index >= 15 is 0 Å². The summed E-state index contributed by atoms with van der Waals surface area (Å²) >= 11 is 0. The Balaban J connectivity index is 1.85. The van der Waals surface area contributed by atoms with Gasteiger partial charge in [-0.3, -0.25) is 19.8 Å². The lowest BCUT2D eigenvalue weighted by Crippen LogP contribution is -2.36. The van der Waals surface area contributed by atoms with Gasteiger partial charge in [-0.1, -0.05) is 0 Å². The number of carbonyl (C=O) groups excluding carboxylic acids is 1. The molecule has 0 spiro atoms. The van der Waals surface area contributed by atoms with E-state index < -0.39 is 4.92 Å². The predicted molar refractivity (Wildman–Crippen MR) is 79.9 cm³/mol. The summed E-state index contributed by atoms with van der Waals surface area (Å²) in [4.78, 5) is 26.3. The maximum absolute atomic E-state index is 11.1. The van der Waals surface area contributed by atoms with Crippen molar-refractivity contribution >= 4 is 17.7 Å². The lowest BCUT2D eigenvalue weighted by Gasteiger charge is -2.27. The zero-order chi connectivity index (χ0) is 14.8. The van der Waals surface area contributed by atoms with Gasteiger partial charge in [0.15, 0.2) is 6.29 Å². The number of benzene rings is 1. The predicted octanol–water partition coefficient (Wildman–Crippen LogP) is 2.08. The summed E-state index contributed by atoms with van der Waals surface area (Å²) in [6.45, 7) is 4.17. The monoisotopic (exact) mass is 289 g/mol. The van der Waals surface area contributed by atoms with E-state index in [9.17, 15) is 14.9 Å². The summed E-state index contributed by atoms with van der Waals surface area (Å²) in [5.74, 6) is 0. The Labute approximate surface area is 123 Å². The van der Waals surface area contributed by atoms with Crippen LogP contribution in [0.3, 0.4) is 0 Å². The molecule has 21 heavy (non-hydrogen) atoms. The van der Waals surface area contributed by atoms with Gasteiger partial charge in [0.1, 0.15) is 0 Å². The Hall–Kier alpha value is -1.95.